The van der Waals surface area contributed by atoms with Crippen molar-refractivity contribution in [2.24, 2.45) is 0 Å². The lowest BCUT2D eigenvalue weighted by atomic mass is 10.2. The van der Waals surface area contributed by atoms with Gasteiger partial charge >= 0.3 is 12.0 Å². The van der Waals surface area contributed by atoms with E-state index in [2.05, 4.69) is 26.6 Å². The Balaban J connectivity index is 2.50. The molecule has 0 heterocycles. The number of halogens is 2. The summed E-state index contributed by atoms with van der Waals surface area (Å²) in [5, 5.41) is 13.9. The number of thioether (sulfide) groups is 1. The Morgan fingerprint density at radius 1 is 1.43 bits per heavy atom. The maximum absolute atomic E-state index is 13.2. The summed E-state index contributed by atoms with van der Waals surface area (Å²) in [7, 11) is 0. The molecule has 0 aliphatic carbocycles. The highest BCUT2D eigenvalue weighted by molar-refractivity contribution is 9.10. The molecular formula is C13H16BrFN2O3S. The number of rotatable bonds is 7. The van der Waals surface area contributed by atoms with Crippen molar-refractivity contribution in [1.82, 2.24) is 10.6 Å². The predicted molar refractivity (Wildman–Crippen MR) is 83.9 cm³/mol. The summed E-state index contributed by atoms with van der Waals surface area (Å²) in [5.74, 6) is -0.855. The lowest BCUT2D eigenvalue weighted by Gasteiger charge is -2.14. The summed E-state index contributed by atoms with van der Waals surface area (Å²) in [5.41, 5.74) is 0.577. The number of benzene rings is 1. The molecule has 8 heteroatoms. The van der Waals surface area contributed by atoms with Crippen LogP contribution in [-0.4, -0.2) is 35.2 Å². The minimum Gasteiger partial charge on any atom is -0.480 e. The normalized spacial score (nSPS) is 11.8. The Hall–Kier alpha value is -1.28. The van der Waals surface area contributed by atoms with E-state index in [1.165, 1.54) is 23.9 Å². The lowest BCUT2D eigenvalue weighted by Crippen LogP contribution is -2.46. The van der Waals surface area contributed by atoms with Crippen molar-refractivity contribution in [2.75, 3.05) is 12.0 Å². The molecule has 0 spiro atoms. The van der Waals surface area contributed by atoms with Gasteiger partial charge in [0, 0.05) is 11.0 Å². The molecular weight excluding hydrogens is 363 g/mol. The Morgan fingerprint density at radius 3 is 2.71 bits per heavy atom. The van der Waals surface area contributed by atoms with E-state index < -0.39 is 23.9 Å². The fourth-order valence-corrected chi connectivity index (χ4v) is 2.58. The number of urea groups is 1. The van der Waals surface area contributed by atoms with Crippen LogP contribution in [0.4, 0.5) is 9.18 Å². The zero-order chi connectivity index (χ0) is 15.8. The van der Waals surface area contributed by atoms with E-state index in [1.54, 1.807) is 6.07 Å². The van der Waals surface area contributed by atoms with Crippen molar-refractivity contribution in [3.63, 3.8) is 0 Å². The second-order valence-corrected chi connectivity index (χ2v) is 6.18. The smallest absolute Gasteiger partial charge is 0.326 e. The highest BCUT2D eigenvalue weighted by Crippen LogP contribution is 2.14. The van der Waals surface area contributed by atoms with Crippen molar-refractivity contribution in [2.45, 2.75) is 19.0 Å². The van der Waals surface area contributed by atoms with Gasteiger partial charge in [-0.1, -0.05) is 15.9 Å². The topological polar surface area (TPSA) is 78.4 Å². The van der Waals surface area contributed by atoms with Gasteiger partial charge in [-0.05, 0) is 42.2 Å². The molecule has 0 aliphatic rings. The quantitative estimate of drug-likeness (QED) is 0.681. The standard InChI is InChI=1S/C13H16BrFN2O3S/c1-21-3-2-11(12(18)19)17-13(20)16-7-8-4-9(14)6-10(15)5-8/h4-6,11H,2-3,7H2,1H3,(H,18,19)(H2,16,17,20). The molecule has 1 aromatic carbocycles. The van der Waals surface area contributed by atoms with E-state index in [9.17, 15) is 14.0 Å². The third-order valence-electron chi connectivity index (χ3n) is 2.59. The monoisotopic (exact) mass is 378 g/mol. The summed E-state index contributed by atoms with van der Waals surface area (Å²) in [6, 6.07) is 2.76. The van der Waals surface area contributed by atoms with Gasteiger partial charge in [-0.2, -0.15) is 11.8 Å². The molecule has 0 aromatic heterocycles. The van der Waals surface area contributed by atoms with Crippen LogP contribution in [0.1, 0.15) is 12.0 Å². The molecule has 3 N–H and O–H groups in total. The molecule has 0 saturated carbocycles. The van der Waals surface area contributed by atoms with Crippen LogP contribution in [0.15, 0.2) is 22.7 Å². The van der Waals surface area contributed by atoms with Crippen LogP contribution >= 0.6 is 27.7 Å². The van der Waals surface area contributed by atoms with Gasteiger partial charge in [-0.25, -0.2) is 14.0 Å². The molecule has 0 saturated heterocycles. The minimum atomic E-state index is -1.08. The van der Waals surface area contributed by atoms with Crippen LogP contribution < -0.4 is 10.6 Å². The van der Waals surface area contributed by atoms with Crippen molar-refractivity contribution in [3.05, 3.63) is 34.1 Å². The van der Waals surface area contributed by atoms with E-state index in [4.69, 9.17) is 5.11 Å². The SMILES string of the molecule is CSCCC(NC(=O)NCc1cc(F)cc(Br)c1)C(=O)O. The maximum Gasteiger partial charge on any atom is 0.326 e. The van der Waals surface area contributed by atoms with Crippen LogP contribution in [0.2, 0.25) is 0 Å². The molecule has 1 rings (SSSR count). The zero-order valence-corrected chi connectivity index (χ0v) is 13.8. The Kier molecular flexibility index (Phi) is 7.52. The number of carbonyl (C=O) groups is 2. The van der Waals surface area contributed by atoms with Gasteiger partial charge in [0.05, 0.1) is 0 Å². The number of carbonyl (C=O) groups excluding carboxylic acids is 1. The molecule has 1 aromatic rings. The Morgan fingerprint density at radius 2 is 2.14 bits per heavy atom. The first-order valence-corrected chi connectivity index (χ1v) is 8.32. The molecule has 0 bridgehead atoms. The highest BCUT2D eigenvalue weighted by Gasteiger charge is 2.19. The number of carboxylic acids is 1. The molecule has 0 aliphatic heterocycles. The van der Waals surface area contributed by atoms with E-state index in [-0.39, 0.29) is 6.54 Å². The summed E-state index contributed by atoms with van der Waals surface area (Å²) in [6.45, 7) is 0.108. The van der Waals surface area contributed by atoms with Crippen LogP contribution in [-0.2, 0) is 11.3 Å². The molecule has 21 heavy (non-hydrogen) atoms. The third kappa shape index (κ3) is 6.81. The van der Waals surface area contributed by atoms with E-state index in [0.717, 1.165) is 0 Å². The second-order valence-electron chi connectivity index (χ2n) is 4.28. The van der Waals surface area contributed by atoms with Crippen LogP contribution in [0.3, 0.4) is 0 Å². The highest BCUT2D eigenvalue weighted by atomic mass is 79.9. The maximum atomic E-state index is 13.2. The van der Waals surface area contributed by atoms with Gasteiger partial charge in [-0.3, -0.25) is 0 Å². The van der Waals surface area contributed by atoms with E-state index in [1.807, 2.05) is 6.26 Å². The number of hydrogen-bond donors (Lipinski definition) is 3. The van der Waals surface area contributed by atoms with Crippen LogP contribution in [0.5, 0.6) is 0 Å². The average molecular weight is 379 g/mol. The number of carboxylic acid groups (broad SMARTS) is 1. The van der Waals surface area contributed by atoms with Gasteiger partial charge in [0.15, 0.2) is 0 Å². The predicted octanol–water partition coefficient (Wildman–Crippen LogP) is 2.59. The largest absolute Gasteiger partial charge is 0.480 e. The number of hydrogen-bond acceptors (Lipinski definition) is 3. The minimum absolute atomic E-state index is 0.108. The first kappa shape index (κ1) is 17.8. The van der Waals surface area contributed by atoms with Crippen molar-refractivity contribution in [1.29, 1.82) is 0 Å². The van der Waals surface area contributed by atoms with E-state index >= 15 is 0 Å². The van der Waals surface area contributed by atoms with Crippen LogP contribution in [0.25, 0.3) is 0 Å². The molecule has 0 radical (unpaired) electrons. The number of amides is 2. The summed E-state index contributed by atoms with van der Waals surface area (Å²) in [6.07, 6.45) is 2.20. The van der Waals surface area contributed by atoms with Crippen LogP contribution in [0, 0.1) is 5.82 Å². The zero-order valence-electron chi connectivity index (χ0n) is 11.4. The summed E-state index contributed by atoms with van der Waals surface area (Å²) < 4.78 is 13.7. The first-order valence-electron chi connectivity index (χ1n) is 6.13. The fourth-order valence-electron chi connectivity index (χ4n) is 1.60. The van der Waals surface area contributed by atoms with Crippen molar-refractivity contribution >= 4 is 39.7 Å². The third-order valence-corrected chi connectivity index (χ3v) is 3.69. The first-order chi connectivity index (χ1) is 9.92. The van der Waals surface area contributed by atoms with Crippen molar-refractivity contribution < 1.29 is 19.1 Å². The van der Waals surface area contributed by atoms with Gasteiger partial charge in [0.2, 0.25) is 0 Å². The average Bonchev–Trinajstić information content (AvgIpc) is 2.39. The van der Waals surface area contributed by atoms with Gasteiger partial charge in [0.25, 0.3) is 0 Å². The summed E-state index contributed by atoms with van der Waals surface area (Å²) >= 11 is 4.67. The molecule has 2 amide bonds. The molecule has 1 atom stereocenters. The van der Waals surface area contributed by atoms with E-state index in [0.29, 0.717) is 22.2 Å². The molecule has 0 fully saturated rings. The van der Waals surface area contributed by atoms with Gasteiger partial charge < -0.3 is 15.7 Å². The molecule has 116 valence electrons. The summed E-state index contributed by atoms with van der Waals surface area (Å²) in [4.78, 5) is 22.7. The van der Waals surface area contributed by atoms with Crippen molar-refractivity contribution in [3.8, 4) is 0 Å². The molecule has 5 nitrogen and oxygen atoms in total. The fraction of sp³-hybridized carbons (Fsp3) is 0.385. The van der Waals surface area contributed by atoms with Gasteiger partial charge in [-0.15, -0.1) is 0 Å². The second kappa shape index (κ2) is 8.89. The Labute approximate surface area is 134 Å². The Bertz CT molecular complexity index is 496. The number of aliphatic carboxylic acids is 1. The lowest BCUT2D eigenvalue weighted by molar-refractivity contribution is -0.139. The number of nitrogens with one attached hydrogen (secondary N) is 2. The molecule has 1 unspecified atom stereocenters. The van der Waals surface area contributed by atoms with Gasteiger partial charge in [0.1, 0.15) is 11.9 Å².